The molecule has 0 aliphatic carbocycles. The molecule has 2 aromatic carbocycles. The van der Waals surface area contributed by atoms with Gasteiger partial charge in [-0.2, -0.15) is 0 Å². The summed E-state index contributed by atoms with van der Waals surface area (Å²) in [5.41, 5.74) is 1.79. The van der Waals surface area contributed by atoms with E-state index in [-0.39, 0.29) is 23.7 Å². The van der Waals surface area contributed by atoms with E-state index < -0.39 is 17.7 Å². The van der Waals surface area contributed by atoms with E-state index in [4.69, 9.17) is 9.84 Å². The Morgan fingerprint density at radius 3 is 2.71 bits per heavy atom. The molecule has 2 heterocycles. The van der Waals surface area contributed by atoms with Crippen LogP contribution in [-0.4, -0.2) is 47.5 Å². The first-order chi connectivity index (χ1) is 18.3. The minimum atomic E-state index is -0.933. The Labute approximate surface area is 221 Å². The maximum atomic E-state index is 14.1. The van der Waals surface area contributed by atoms with Crippen molar-refractivity contribution in [1.29, 1.82) is 0 Å². The van der Waals surface area contributed by atoms with Crippen molar-refractivity contribution in [2.24, 2.45) is 0 Å². The van der Waals surface area contributed by atoms with Crippen LogP contribution in [0.5, 0.6) is 11.5 Å². The van der Waals surface area contributed by atoms with Crippen molar-refractivity contribution in [3.63, 3.8) is 0 Å². The molecule has 9 nitrogen and oxygen atoms in total. The predicted molar refractivity (Wildman–Crippen MR) is 143 cm³/mol. The lowest BCUT2D eigenvalue weighted by atomic mass is 10.1. The molecule has 4 N–H and O–H groups in total. The number of carboxylic acids is 1. The lowest BCUT2D eigenvalue weighted by Crippen LogP contribution is -2.28. The van der Waals surface area contributed by atoms with Crippen molar-refractivity contribution in [2.75, 3.05) is 25.0 Å². The molecule has 0 aliphatic rings. The number of carboxylic acid groups (broad SMARTS) is 1. The number of aromatic nitrogens is 1. The van der Waals surface area contributed by atoms with E-state index in [1.807, 2.05) is 0 Å². The largest absolute Gasteiger partial charge is 0.480 e. The Morgan fingerprint density at radius 1 is 1.05 bits per heavy atom. The molecule has 0 radical (unpaired) electrons. The van der Waals surface area contributed by atoms with Crippen LogP contribution in [0.1, 0.15) is 32.0 Å². The number of nitrogens with one attached hydrogen (secondary N) is 3. The zero-order valence-electron chi connectivity index (χ0n) is 20.4. The van der Waals surface area contributed by atoms with E-state index in [0.717, 1.165) is 5.56 Å². The van der Waals surface area contributed by atoms with Crippen LogP contribution >= 0.6 is 11.3 Å². The number of hydrogen-bond donors (Lipinski definition) is 4. The van der Waals surface area contributed by atoms with Crippen LogP contribution in [0.2, 0.25) is 0 Å². The highest BCUT2D eigenvalue weighted by molar-refractivity contribution is 7.21. The second-order valence-electron chi connectivity index (χ2n) is 8.38. The van der Waals surface area contributed by atoms with Gasteiger partial charge in [0, 0.05) is 24.4 Å². The maximum Gasteiger partial charge on any atom is 0.317 e. The van der Waals surface area contributed by atoms with Gasteiger partial charge in [-0.1, -0.05) is 12.1 Å². The van der Waals surface area contributed by atoms with E-state index in [1.54, 1.807) is 61.7 Å². The number of amides is 2. The molecule has 196 valence electrons. The smallest absolute Gasteiger partial charge is 0.317 e. The number of ether oxygens (including phenoxy) is 1. The number of hydrogen-bond acceptors (Lipinski definition) is 7. The minimum Gasteiger partial charge on any atom is -0.480 e. The molecule has 11 heteroatoms. The summed E-state index contributed by atoms with van der Waals surface area (Å²) in [6.07, 6.45) is 2.15. The topological polar surface area (TPSA) is 130 Å². The summed E-state index contributed by atoms with van der Waals surface area (Å²) in [6, 6.07) is 14.3. The summed E-state index contributed by atoms with van der Waals surface area (Å²) >= 11 is 1.22. The number of aliphatic carboxylic acids is 1. The summed E-state index contributed by atoms with van der Waals surface area (Å²) in [4.78, 5) is 40.6. The standard InChI is InChI=1S/C27H25FN4O5S/c1-16-6-7-19(28)20(12-16)32-26(35)17-4-2-5-18(13-17)37-22-8-11-30-21-14-23(38-25(21)22)27(36)31-10-3-9-29-15-24(33)34/h2,4-8,11-14,29H,3,9-10,15H2,1H3,(H,31,36)(H,32,35)(H,33,34). The number of anilines is 1. The molecule has 4 aromatic rings. The number of halogens is 1. The van der Waals surface area contributed by atoms with E-state index in [1.165, 1.54) is 17.4 Å². The minimum absolute atomic E-state index is 0.0954. The van der Waals surface area contributed by atoms with Crippen molar-refractivity contribution in [2.45, 2.75) is 13.3 Å². The molecule has 0 atom stereocenters. The van der Waals surface area contributed by atoms with E-state index >= 15 is 0 Å². The van der Waals surface area contributed by atoms with Gasteiger partial charge in [-0.05, 0) is 61.9 Å². The summed E-state index contributed by atoms with van der Waals surface area (Å²) in [6.45, 7) is 2.53. The monoisotopic (exact) mass is 536 g/mol. The molecule has 0 aliphatic heterocycles. The van der Waals surface area contributed by atoms with Gasteiger partial charge in [0.15, 0.2) is 0 Å². The number of pyridine rings is 1. The first-order valence-electron chi connectivity index (χ1n) is 11.7. The molecule has 0 bridgehead atoms. The van der Waals surface area contributed by atoms with Gasteiger partial charge in [0.2, 0.25) is 0 Å². The quantitative estimate of drug-likeness (QED) is 0.207. The molecule has 2 aromatic heterocycles. The number of nitrogens with zero attached hydrogens (tertiary/aromatic N) is 1. The van der Waals surface area contributed by atoms with Crippen LogP contribution in [0, 0.1) is 12.7 Å². The number of benzene rings is 2. The summed E-state index contributed by atoms with van der Waals surface area (Å²) in [5, 5.41) is 16.8. The van der Waals surface area contributed by atoms with Crippen molar-refractivity contribution in [3.8, 4) is 11.5 Å². The van der Waals surface area contributed by atoms with Gasteiger partial charge in [-0.15, -0.1) is 11.3 Å². The third-order valence-electron chi connectivity index (χ3n) is 5.39. The highest BCUT2D eigenvalue weighted by Crippen LogP contribution is 2.35. The van der Waals surface area contributed by atoms with Gasteiger partial charge in [0.25, 0.3) is 11.8 Å². The Morgan fingerprint density at radius 2 is 1.89 bits per heavy atom. The lowest BCUT2D eigenvalue weighted by Gasteiger charge is -2.10. The number of carbonyl (C=O) groups excluding carboxylic acids is 2. The zero-order chi connectivity index (χ0) is 27.1. The molecule has 38 heavy (non-hydrogen) atoms. The first kappa shape index (κ1) is 26.7. The van der Waals surface area contributed by atoms with Crippen molar-refractivity contribution >= 4 is 45.0 Å². The maximum absolute atomic E-state index is 14.1. The first-order valence-corrected chi connectivity index (χ1v) is 12.6. The normalized spacial score (nSPS) is 10.8. The van der Waals surface area contributed by atoms with Gasteiger partial charge in [0.05, 0.1) is 27.3 Å². The highest BCUT2D eigenvalue weighted by atomic mass is 32.1. The summed E-state index contributed by atoms with van der Waals surface area (Å²) in [5.74, 6) is -1.34. The van der Waals surface area contributed by atoms with Crippen LogP contribution < -0.4 is 20.7 Å². The van der Waals surface area contributed by atoms with Crippen LogP contribution in [-0.2, 0) is 4.79 Å². The van der Waals surface area contributed by atoms with Crippen LogP contribution in [0.4, 0.5) is 10.1 Å². The highest BCUT2D eigenvalue weighted by Gasteiger charge is 2.15. The van der Waals surface area contributed by atoms with Crippen molar-refractivity contribution < 1.29 is 28.6 Å². The SMILES string of the molecule is Cc1ccc(F)c(NC(=O)c2cccc(Oc3ccnc4cc(C(=O)NCCCNCC(=O)O)sc34)c2)c1. The third kappa shape index (κ3) is 6.90. The average molecular weight is 537 g/mol. The number of aryl methyl sites for hydroxylation is 1. The van der Waals surface area contributed by atoms with Gasteiger partial charge in [0.1, 0.15) is 17.3 Å². The van der Waals surface area contributed by atoms with Gasteiger partial charge < -0.3 is 25.8 Å². The number of rotatable bonds is 11. The third-order valence-corrected chi connectivity index (χ3v) is 6.52. The second kappa shape index (κ2) is 12.3. The zero-order valence-corrected chi connectivity index (χ0v) is 21.2. The molecule has 0 saturated heterocycles. The van der Waals surface area contributed by atoms with Gasteiger partial charge in [-0.25, -0.2) is 4.39 Å². The number of carbonyl (C=O) groups is 3. The van der Waals surface area contributed by atoms with E-state index in [2.05, 4.69) is 20.9 Å². The molecule has 0 spiro atoms. The number of fused-ring (bicyclic) bond motifs is 1. The van der Waals surface area contributed by atoms with Gasteiger partial charge in [-0.3, -0.25) is 19.4 Å². The van der Waals surface area contributed by atoms with Crippen LogP contribution in [0.3, 0.4) is 0 Å². The fourth-order valence-corrected chi connectivity index (χ4v) is 4.54. The van der Waals surface area contributed by atoms with E-state index in [0.29, 0.717) is 46.1 Å². The fraction of sp³-hybridized carbons (Fsp3) is 0.185. The molecule has 0 unspecified atom stereocenters. The van der Waals surface area contributed by atoms with Crippen LogP contribution in [0.15, 0.2) is 60.8 Å². The Balaban J connectivity index is 1.43. The van der Waals surface area contributed by atoms with Crippen molar-refractivity contribution in [3.05, 3.63) is 82.6 Å². The Kier molecular flexibility index (Phi) is 8.62. The fourth-order valence-electron chi connectivity index (χ4n) is 3.56. The predicted octanol–water partition coefficient (Wildman–Crippen LogP) is 4.58. The molecule has 4 rings (SSSR count). The summed E-state index contributed by atoms with van der Waals surface area (Å²) in [7, 11) is 0. The Hall–Kier alpha value is -4.35. The van der Waals surface area contributed by atoms with Crippen molar-refractivity contribution in [1.82, 2.24) is 15.6 Å². The lowest BCUT2D eigenvalue weighted by molar-refractivity contribution is -0.135. The molecular formula is C27H25FN4O5S. The molecular weight excluding hydrogens is 511 g/mol. The molecule has 0 fully saturated rings. The van der Waals surface area contributed by atoms with E-state index in [9.17, 15) is 18.8 Å². The van der Waals surface area contributed by atoms with Crippen LogP contribution in [0.25, 0.3) is 10.2 Å². The average Bonchev–Trinajstić information content (AvgIpc) is 3.34. The summed E-state index contributed by atoms with van der Waals surface area (Å²) < 4.78 is 20.8. The van der Waals surface area contributed by atoms with Gasteiger partial charge >= 0.3 is 5.97 Å². The second-order valence-corrected chi connectivity index (χ2v) is 9.43. The molecule has 0 saturated carbocycles. The number of thiophene rings is 1. The molecule has 2 amide bonds. The Bertz CT molecular complexity index is 1490.